The van der Waals surface area contributed by atoms with E-state index < -0.39 is 0 Å². The highest BCUT2D eigenvalue weighted by molar-refractivity contribution is 6.30. The molecule has 1 unspecified atom stereocenters. The largest absolute Gasteiger partial charge is 0.507 e. The Balaban J connectivity index is 1.92. The summed E-state index contributed by atoms with van der Waals surface area (Å²) in [6.07, 6.45) is 0.857. The predicted molar refractivity (Wildman–Crippen MR) is 81.3 cm³/mol. The van der Waals surface area contributed by atoms with Crippen LogP contribution in [0.25, 0.3) is 0 Å². The molecule has 0 heterocycles. The molecule has 106 valence electrons. The molecule has 2 rings (SSSR count). The van der Waals surface area contributed by atoms with Crippen LogP contribution < -0.4 is 5.32 Å². The van der Waals surface area contributed by atoms with Gasteiger partial charge in [-0.3, -0.25) is 0 Å². The van der Waals surface area contributed by atoms with E-state index in [-0.39, 0.29) is 17.5 Å². The minimum atomic E-state index is -0.122. The van der Waals surface area contributed by atoms with E-state index in [4.69, 9.17) is 11.6 Å². The Labute approximate surface area is 123 Å². The summed E-state index contributed by atoms with van der Waals surface area (Å²) in [6.45, 7) is 2.66. The van der Waals surface area contributed by atoms with Gasteiger partial charge < -0.3 is 15.5 Å². The maximum Gasteiger partial charge on any atom is 0.124 e. The van der Waals surface area contributed by atoms with Crippen LogP contribution in [0.15, 0.2) is 42.5 Å². The van der Waals surface area contributed by atoms with E-state index >= 15 is 0 Å². The number of benzene rings is 2. The Morgan fingerprint density at radius 3 is 2.25 bits per heavy atom. The lowest BCUT2D eigenvalue weighted by Crippen LogP contribution is -2.21. The lowest BCUT2D eigenvalue weighted by Gasteiger charge is -2.16. The normalized spacial score (nSPS) is 12.3. The van der Waals surface area contributed by atoms with E-state index in [9.17, 15) is 10.2 Å². The molecule has 2 aromatic carbocycles. The van der Waals surface area contributed by atoms with Crippen LogP contribution in [0.5, 0.6) is 11.5 Å². The van der Waals surface area contributed by atoms with Crippen molar-refractivity contribution in [2.75, 3.05) is 6.54 Å². The van der Waals surface area contributed by atoms with Crippen LogP contribution in [-0.4, -0.2) is 16.8 Å². The van der Waals surface area contributed by atoms with Crippen LogP contribution in [0.2, 0.25) is 5.02 Å². The molecule has 3 nitrogen and oxygen atoms in total. The third-order valence-electron chi connectivity index (χ3n) is 3.27. The summed E-state index contributed by atoms with van der Waals surface area (Å²) in [5.74, 6) is 0.216. The van der Waals surface area contributed by atoms with Crippen molar-refractivity contribution < 1.29 is 10.2 Å². The van der Waals surface area contributed by atoms with Gasteiger partial charge in [0.1, 0.15) is 11.5 Å². The first-order chi connectivity index (χ1) is 9.58. The summed E-state index contributed by atoms with van der Waals surface area (Å²) >= 11 is 5.84. The first-order valence-electron chi connectivity index (χ1n) is 6.56. The minimum absolute atomic E-state index is 0.108. The second-order valence-corrected chi connectivity index (χ2v) is 5.20. The molecule has 0 aliphatic rings. The summed E-state index contributed by atoms with van der Waals surface area (Å²) < 4.78 is 0. The number of rotatable bonds is 5. The summed E-state index contributed by atoms with van der Waals surface area (Å²) in [7, 11) is 0. The zero-order chi connectivity index (χ0) is 14.5. The molecule has 1 atom stereocenters. The van der Waals surface area contributed by atoms with Gasteiger partial charge in [0.25, 0.3) is 0 Å². The van der Waals surface area contributed by atoms with Crippen LogP contribution in [0.1, 0.15) is 24.1 Å². The Morgan fingerprint density at radius 1 is 1.05 bits per heavy atom. The Kier molecular flexibility index (Phi) is 4.88. The average molecular weight is 292 g/mol. The Bertz CT molecular complexity index is 549. The predicted octanol–water partition coefficient (Wildman–Crippen LogP) is 3.64. The second kappa shape index (κ2) is 6.64. The van der Waals surface area contributed by atoms with Crippen molar-refractivity contribution in [1.82, 2.24) is 5.32 Å². The number of hydrogen-bond acceptors (Lipinski definition) is 3. The number of phenols is 2. The first-order valence-corrected chi connectivity index (χ1v) is 6.94. The van der Waals surface area contributed by atoms with Gasteiger partial charge in [0.05, 0.1) is 5.56 Å². The summed E-state index contributed by atoms with van der Waals surface area (Å²) in [5.41, 5.74) is 1.72. The molecule has 0 saturated carbocycles. The van der Waals surface area contributed by atoms with Gasteiger partial charge in [0.2, 0.25) is 0 Å². The van der Waals surface area contributed by atoms with Crippen molar-refractivity contribution in [3.8, 4) is 11.5 Å². The Hall–Kier alpha value is -1.71. The van der Waals surface area contributed by atoms with Gasteiger partial charge in [0.15, 0.2) is 0 Å². The standard InChI is InChI=1S/C16H18ClNO2/c1-11(16-14(19)3-2-4-15(16)20)18-10-9-12-5-7-13(17)8-6-12/h2-8,11,18-20H,9-10H2,1H3. The lowest BCUT2D eigenvalue weighted by molar-refractivity contribution is 0.419. The number of halogens is 1. The molecule has 20 heavy (non-hydrogen) atoms. The van der Waals surface area contributed by atoms with Crippen molar-refractivity contribution in [2.24, 2.45) is 0 Å². The summed E-state index contributed by atoms with van der Waals surface area (Å²) in [4.78, 5) is 0. The van der Waals surface area contributed by atoms with Crippen LogP contribution >= 0.6 is 11.6 Å². The molecule has 0 amide bonds. The van der Waals surface area contributed by atoms with Gasteiger partial charge in [-0.2, -0.15) is 0 Å². The quantitative estimate of drug-likeness (QED) is 0.788. The zero-order valence-electron chi connectivity index (χ0n) is 11.3. The number of nitrogens with one attached hydrogen (secondary N) is 1. The molecule has 0 aliphatic heterocycles. The van der Waals surface area contributed by atoms with E-state index in [1.165, 1.54) is 5.56 Å². The van der Waals surface area contributed by atoms with Gasteiger partial charge in [-0.1, -0.05) is 29.8 Å². The van der Waals surface area contributed by atoms with Gasteiger partial charge in [-0.25, -0.2) is 0 Å². The van der Waals surface area contributed by atoms with E-state index in [2.05, 4.69) is 5.32 Å². The molecule has 4 heteroatoms. The smallest absolute Gasteiger partial charge is 0.124 e. The molecule has 0 aliphatic carbocycles. The third kappa shape index (κ3) is 3.65. The maximum atomic E-state index is 9.79. The fourth-order valence-electron chi connectivity index (χ4n) is 2.17. The van der Waals surface area contributed by atoms with Crippen molar-refractivity contribution in [3.63, 3.8) is 0 Å². The second-order valence-electron chi connectivity index (χ2n) is 4.76. The van der Waals surface area contributed by atoms with E-state index in [0.717, 1.165) is 18.0 Å². The van der Waals surface area contributed by atoms with E-state index in [1.807, 2.05) is 31.2 Å². The molecule has 0 saturated heterocycles. The van der Waals surface area contributed by atoms with Crippen molar-refractivity contribution >= 4 is 11.6 Å². The number of aromatic hydroxyl groups is 2. The van der Waals surface area contributed by atoms with Gasteiger partial charge in [0, 0.05) is 11.1 Å². The third-order valence-corrected chi connectivity index (χ3v) is 3.52. The Morgan fingerprint density at radius 2 is 1.65 bits per heavy atom. The molecule has 0 radical (unpaired) electrons. The fourth-order valence-corrected chi connectivity index (χ4v) is 2.30. The lowest BCUT2D eigenvalue weighted by atomic mass is 10.1. The fraction of sp³-hybridized carbons (Fsp3) is 0.250. The zero-order valence-corrected chi connectivity index (χ0v) is 12.1. The van der Waals surface area contributed by atoms with Crippen LogP contribution in [-0.2, 0) is 6.42 Å². The molecule has 0 bridgehead atoms. The molecule has 2 aromatic rings. The van der Waals surface area contributed by atoms with Crippen LogP contribution in [0.3, 0.4) is 0 Å². The van der Waals surface area contributed by atoms with Crippen molar-refractivity contribution in [2.45, 2.75) is 19.4 Å². The highest BCUT2D eigenvalue weighted by atomic mass is 35.5. The van der Waals surface area contributed by atoms with Gasteiger partial charge in [-0.05, 0) is 49.7 Å². The summed E-state index contributed by atoms with van der Waals surface area (Å²) in [5, 5.41) is 23.6. The van der Waals surface area contributed by atoms with Gasteiger partial charge in [-0.15, -0.1) is 0 Å². The molecule has 0 fully saturated rings. The molecular weight excluding hydrogens is 274 g/mol. The van der Waals surface area contributed by atoms with E-state index in [0.29, 0.717) is 5.56 Å². The summed E-state index contributed by atoms with van der Waals surface area (Å²) in [6, 6.07) is 12.4. The topological polar surface area (TPSA) is 52.5 Å². The average Bonchev–Trinajstić information content (AvgIpc) is 2.41. The number of hydrogen-bond donors (Lipinski definition) is 3. The monoisotopic (exact) mass is 291 g/mol. The molecule has 0 aromatic heterocycles. The SMILES string of the molecule is CC(NCCc1ccc(Cl)cc1)c1c(O)cccc1O. The van der Waals surface area contributed by atoms with Crippen LogP contribution in [0, 0.1) is 0 Å². The molecule has 3 N–H and O–H groups in total. The van der Waals surface area contributed by atoms with Gasteiger partial charge >= 0.3 is 0 Å². The minimum Gasteiger partial charge on any atom is -0.507 e. The highest BCUT2D eigenvalue weighted by Crippen LogP contribution is 2.31. The maximum absolute atomic E-state index is 9.79. The molecule has 0 spiro atoms. The van der Waals surface area contributed by atoms with E-state index in [1.54, 1.807) is 18.2 Å². The number of phenolic OH excluding ortho intramolecular Hbond substituents is 2. The van der Waals surface area contributed by atoms with Crippen LogP contribution in [0.4, 0.5) is 0 Å². The molecular formula is C16H18ClNO2. The van der Waals surface area contributed by atoms with Crippen molar-refractivity contribution in [1.29, 1.82) is 0 Å². The van der Waals surface area contributed by atoms with Crippen molar-refractivity contribution in [3.05, 3.63) is 58.6 Å². The first kappa shape index (κ1) is 14.7. The highest BCUT2D eigenvalue weighted by Gasteiger charge is 2.13.